The van der Waals surface area contributed by atoms with Gasteiger partial charge in [0.1, 0.15) is 6.17 Å². The fourth-order valence-corrected chi connectivity index (χ4v) is 1.27. The summed E-state index contributed by atoms with van der Waals surface area (Å²) in [5.41, 5.74) is 1.48. The van der Waals surface area contributed by atoms with Crippen LogP contribution >= 0.6 is 0 Å². The molecule has 0 aliphatic heterocycles. The molecule has 0 saturated heterocycles. The maximum Gasteiger partial charge on any atom is 0.142 e. The molecule has 62 valence electrons. The smallest absolute Gasteiger partial charge is 0.142 e. The quantitative estimate of drug-likeness (QED) is 0.470. The molecule has 1 heteroatoms. The molecule has 0 bridgehead atoms. The molecule has 1 aliphatic carbocycles. The van der Waals surface area contributed by atoms with Gasteiger partial charge in [-0.05, 0) is 29.9 Å². The molecule has 1 aliphatic rings. The molecule has 0 heterocycles. The SMILES string of the molecule is C=C1C(F)C(C)=CCC1(C)C. The van der Waals surface area contributed by atoms with Gasteiger partial charge >= 0.3 is 0 Å². The average molecular weight is 154 g/mol. The summed E-state index contributed by atoms with van der Waals surface area (Å²) in [6.45, 7) is 9.67. The normalized spacial score (nSPS) is 30.0. The van der Waals surface area contributed by atoms with Crippen LogP contribution in [0.5, 0.6) is 0 Å². The van der Waals surface area contributed by atoms with Crippen molar-refractivity contribution in [3.8, 4) is 0 Å². The Labute approximate surface area is 67.8 Å². The molecule has 1 atom stereocenters. The lowest BCUT2D eigenvalue weighted by Crippen LogP contribution is -2.25. The largest absolute Gasteiger partial charge is 0.238 e. The average Bonchev–Trinajstić information content (AvgIpc) is 1.95. The molecule has 0 saturated carbocycles. The lowest BCUT2D eigenvalue weighted by molar-refractivity contribution is 0.319. The maximum absolute atomic E-state index is 13.3. The summed E-state index contributed by atoms with van der Waals surface area (Å²) in [5.74, 6) is 0. The molecule has 0 amide bonds. The molecule has 0 aromatic carbocycles. The first-order chi connectivity index (χ1) is 4.95. The van der Waals surface area contributed by atoms with E-state index in [0.29, 0.717) is 0 Å². The van der Waals surface area contributed by atoms with E-state index in [9.17, 15) is 4.39 Å². The Hall–Kier alpha value is -0.590. The first-order valence-corrected chi connectivity index (χ1v) is 3.95. The molecule has 1 rings (SSSR count). The van der Waals surface area contributed by atoms with Crippen molar-refractivity contribution < 1.29 is 4.39 Å². The van der Waals surface area contributed by atoms with Crippen LogP contribution in [-0.2, 0) is 0 Å². The van der Waals surface area contributed by atoms with Crippen LogP contribution in [0, 0.1) is 5.41 Å². The van der Waals surface area contributed by atoms with Gasteiger partial charge in [-0.25, -0.2) is 4.39 Å². The van der Waals surface area contributed by atoms with Crippen LogP contribution in [0.3, 0.4) is 0 Å². The van der Waals surface area contributed by atoms with E-state index in [1.165, 1.54) is 0 Å². The summed E-state index contributed by atoms with van der Waals surface area (Å²) >= 11 is 0. The second-order valence-corrected chi connectivity index (χ2v) is 3.92. The van der Waals surface area contributed by atoms with Gasteiger partial charge in [0.15, 0.2) is 0 Å². The summed E-state index contributed by atoms with van der Waals surface area (Å²) in [6, 6.07) is 0. The summed E-state index contributed by atoms with van der Waals surface area (Å²) in [7, 11) is 0. The maximum atomic E-state index is 13.3. The van der Waals surface area contributed by atoms with Gasteiger partial charge in [0.05, 0.1) is 0 Å². The Morgan fingerprint density at radius 3 is 2.64 bits per heavy atom. The minimum atomic E-state index is -0.918. The molecule has 1 unspecified atom stereocenters. The number of halogens is 1. The predicted molar refractivity (Wildman–Crippen MR) is 46.2 cm³/mol. The van der Waals surface area contributed by atoms with Crippen LogP contribution in [0.1, 0.15) is 27.2 Å². The van der Waals surface area contributed by atoms with Crippen LogP contribution in [0.4, 0.5) is 4.39 Å². The highest BCUT2D eigenvalue weighted by atomic mass is 19.1. The minimum Gasteiger partial charge on any atom is -0.238 e. The van der Waals surface area contributed by atoms with E-state index in [1.54, 1.807) is 0 Å². The summed E-state index contributed by atoms with van der Waals surface area (Å²) in [6.07, 6.45) is 1.97. The number of hydrogen-bond acceptors (Lipinski definition) is 0. The van der Waals surface area contributed by atoms with Crippen molar-refractivity contribution in [2.75, 3.05) is 0 Å². The van der Waals surface area contributed by atoms with E-state index in [1.807, 2.05) is 26.8 Å². The molecule has 0 aromatic heterocycles. The minimum absolute atomic E-state index is 0.0566. The first kappa shape index (κ1) is 8.51. The van der Waals surface area contributed by atoms with Gasteiger partial charge in [-0.15, -0.1) is 0 Å². The second kappa shape index (κ2) is 2.47. The predicted octanol–water partition coefficient (Wildman–Crippen LogP) is 3.26. The third-order valence-corrected chi connectivity index (χ3v) is 2.51. The molecular weight excluding hydrogens is 139 g/mol. The standard InChI is InChI=1S/C10H15F/c1-7-5-6-10(3,4)8(2)9(7)11/h5,9H,2,6H2,1,3-4H3. The third kappa shape index (κ3) is 1.37. The van der Waals surface area contributed by atoms with Gasteiger partial charge in [0.25, 0.3) is 0 Å². The highest BCUT2D eigenvalue weighted by Gasteiger charge is 2.31. The van der Waals surface area contributed by atoms with Crippen molar-refractivity contribution >= 4 is 0 Å². The van der Waals surface area contributed by atoms with E-state index in [0.717, 1.165) is 17.6 Å². The van der Waals surface area contributed by atoms with E-state index < -0.39 is 6.17 Å². The number of hydrogen-bond donors (Lipinski definition) is 0. The van der Waals surface area contributed by atoms with Crippen LogP contribution in [-0.4, -0.2) is 6.17 Å². The van der Waals surface area contributed by atoms with Gasteiger partial charge in [-0.3, -0.25) is 0 Å². The Bertz CT molecular complexity index is 211. The fourth-order valence-electron chi connectivity index (χ4n) is 1.27. The Balaban J connectivity index is 2.94. The van der Waals surface area contributed by atoms with Crippen molar-refractivity contribution in [1.82, 2.24) is 0 Å². The third-order valence-electron chi connectivity index (χ3n) is 2.51. The molecule has 0 aromatic rings. The Morgan fingerprint density at radius 1 is 1.64 bits per heavy atom. The lowest BCUT2D eigenvalue weighted by Gasteiger charge is -2.33. The number of allylic oxidation sites excluding steroid dienone is 3. The molecule has 0 fully saturated rings. The summed E-state index contributed by atoms with van der Waals surface area (Å²) < 4.78 is 13.3. The van der Waals surface area contributed by atoms with E-state index in [-0.39, 0.29) is 5.41 Å². The van der Waals surface area contributed by atoms with Gasteiger partial charge < -0.3 is 0 Å². The molecule has 0 spiro atoms. The van der Waals surface area contributed by atoms with Gasteiger partial charge in [-0.1, -0.05) is 26.5 Å². The number of alkyl halides is 1. The zero-order chi connectivity index (χ0) is 8.65. The van der Waals surface area contributed by atoms with Crippen LogP contribution in [0.15, 0.2) is 23.8 Å². The zero-order valence-corrected chi connectivity index (χ0v) is 7.45. The van der Waals surface area contributed by atoms with Crippen molar-refractivity contribution in [3.63, 3.8) is 0 Å². The van der Waals surface area contributed by atoms with Gasteiger partial charge in [0.2, 0.25) is 0 Å². The summed E-state index contributed by atoms with van der Waals surface area (Å²) in [4.78, 5) is 0. The Kier molecular flexibility index (Phi) is 1.91. The molecule has 0 N–H and O–H groups in total. The highest BCUT2D eigenvalue weighted by molar-refractivity contribution is 5.29. The van der Waals surface area contributed by atoms with E-state index >= 15 is 0 Å². The lowest BCUT2D eigenvalue weighted by atomic mass is 9.74. The van der Waals surface area contributed by atoms with Crippen molar-refractivity contribution in [2.45, 2.75) is 33.4 Å². The second-order valence-electron chi connectivity index (χ2n) is 3.92. The van der Waals surface area contributed by atoms with Crippen LogP contribution < -0.4 is 0 Å². The molecular formula is C10H15F. The van der Waals surface area contributed by atoms with Crippen molar-refractivity contribution in [1.29, 1.82) is 0 Å². The van der Waals surface area contributed by atoms with Gasteiger partial charge in [-0.2, -0.15) is 0 Å². The van der Waals surface area contributed by atoms with E-state index in [4.69, 9.17) is 0 Å². The highest BCUT2D eigenvalue weighted by Crippen LogP contribution is 2.39. The summed E-state index contributed by atoms with van der Waals surface area (Å²) in [5, 5.41) is 0. The monoisotopic (exact) mass is 154 g/mol. The Morgan fingerprint density at radius 2 is 2.18 bits per heavy atom. The number of rotatable bonds is 0. The first-order valence-electron chi connectivity index (χ1n) is 3.95. The molecule has 0 nitrogen and oxygen atoms in total. The van der Waals surface area contributed by atoms with Crippen LogP contribution in [0.25, 0.3) is 0 Å². The molecule has 11 heavy (non-hydrogen) atoms. The molecule has 0 radical (unpaired) electrons. The van der Waals surface area contributed by atoms with E-state index in [2.05, 4.69) is 6.58 Å². The zero-order valence-electron chi connectivity index (χ0n) is 7.45. The fraction of sp³-hybridized carbons (Fsp3) is 0.600. The topological polar surface area (TPSA) is 0 Å². The van der Waals surface area contributed by atoms with Crippen LogP contribution in [0.2, 0.25) is 0 Å². The van der Waals surface area contributed by atoms with Crippen molar-refractivity contribution in [2.24, 2.45) is 5.41 Å². The van der Waals surface area contributed by atoms with Gasteiger partial charge in [0, 0.05) is 0 Å². The van der Waals surface area contributed by atoms with Crippen molar-refractivity contribution in [3.05, 3.63) is 23.8 Å².